The van der Waals surface area contributed by atoms with E-state index in [-0.39, 0.29) is 5.69 Å². The number of carbonyl (C=O) groups excluding carboxylic acids is 1. The molecule has 2 rings (SSSR count). The number of nitro benzene ring substituents is 1. The summed E-state index contributed by atoms with van der Waals surface area (Å²) in [5.41, 5.74) is 1.57. The molecule has 0 radical (unpaired) electrons. The molecular formula is C14H14N2O4S. The molecule has 21 heavy (non-hydrogen) atoms. The van der Waals surface area contributed by atoms with E-state index in [9.17, 15) is 14.9 Å². The quantitative estimate of drug-likeness (QED) is 0.519. The van der Waals surface area contributed by atoms with Crippen LogP contribution >= 0.6 is 11.3 Å². The SMILES string of the molecule is CCNc1cc(-c2ccc([N+](=O)[O-])cc2)sc1C(=O)OC. The van der Waals surface area contributed by atoms with E-state index in [2.05, 4.69) is 5.32 Å². The molecule has 0 saturated carbocycles. The van der Waals surface area contributed by atoms with Crippen molar-refractivity contribution >= 4 is 28.7 Å². The number of methoxy groups -OCH3 is 1. The van der Waals surface area contributed by atoms with Gasteiger partial charge < -0.3 is 10.1 Å². The van der Waals surface area contributed by atoms with Gasteiger partial charge >= 0.3 is 5.97 Å². The van der Waals surface area contributed by atoms with Crippen LogP contribution in [0.3, 0.4) is 0 Å². The Kier molecular flexibility index (Phi) is 4.54. The Labute approximate surface area is 125 Å². The van der Waals surface area contributed by atoms with E-state index in [4.69, 9.17) is 4.74 Å². The molecule has 0 bridgehead atoms. The third-order valence-electron chi connectivity index (χ3n) is 2.83. The predicted octanol–water partition coefficient (Wildman–Crippen LogP) is 3.54. The maximum absolute atomic E-state index is 11.8. The van der Waals surface area contributed by atoms with E-state index in [0.29, 0.717) is 17.1 Å². The number of rotatable bonds is 5. The van der Waals surface area contributed by atoms with Crippen LogP contribution < -0.4 is 5.32 Å². The maximum Gasteiger partial charge on any atom is 0.350 e. The predicted molar refractivity (Wildman–Crippen MR) is 81.9 cm³/mol. The number of benzene rings is 1. The van der Waals surface area contributed by atoms with Crippen LogP contribution in [0.1, 0.15) is 16.6 Å². The summed E-state index contributed by atoms with van der Waals surface area (Å²) in [7, 11) is 1.34. The third kappa shape index (κ3) is 3.19. The van der Waals surface area contributed by atoms with Crippen molar-refractivity contribution in [1.82, 2.24) is 0 Å². The number of nitro groups is 1. The second-order valence-electron chi connectivity index (χ2n) is 4.18. The number of anilines is 1. The molecular weight excluding hydrogens is 292 g/mol. The van der Waals surface area contributed by atoms with Crippen LogP contribution in [0, 0.1) is 10.1 Å². The second-order valence-corrected chi connectivity index (χ2v) is 5.23. The van der Waals surface area contributed by atoms with Crippen LogP contribution in [0.2, 0.25) is 0 Å². The number of nitrogens with zero attached hydrogens (tertiary/aromatic N) is 1. The lowest BCUT2D eigenvalue weighted by molar-refractivity contribution is -0.384. The summed E-state index contributed by atoms with van der Waals surface area (Å²) in [5, 5.41) is 13.8. The van der Waals surface area contributed by atoms with Gasteiger partial charge in [0.2, 0.25) is 0 Å². The number of ether oxygens (including phenoxy) is 1. The number of thiophene rings is 1. The van der Waals surface area contributed by atoms with Gasteiger partial charge in [0.25, 0.3) is 5.69 Å². The molecule has 0 amide bonds. The lowest BCUT2D eigenvalue weighted by Gasteiger charge is -2.02. The molecule has 0 unspecified atom stereocenters. The molecule has 0 aliphatic heterocycles. The highest BCUT2D eigenvalue weighted by Crippen LogP contribution is 2.35. The van der Waals surface area contributed by atoms with Crippen LogP contribution in [-0.2, 0) is 4.74 Å². The lowest BCUT2D eigenvalue weighted by atomic mass is 10.1. The number of hydrogen-bond donors (Lipinski definition) is 1. The number of hydrogen-bond acceptors (Lipinski definition) is 6. The number of non-ortho nitro benzene ring substituents is 1. The zero-order valence-electron chi connectivity index (χ0n) is 11.6. The Balaban J connectivity index is 2.39. The highest BCUT2D eigenvalue weighted by atomic mass is 32.1. The summed E-state index contributed by atoms with van der Waals surface area (Å²) in [6, 6.07) is 8.07. The molecule has 0 fully saturated rings. The molecule has 7 heteroatoms. The first-order valence-electron chi connectivity index (χ1n) is 6.27. The van der Waals surface area contributed by atoms with Crippen LogP contribution in [0.15, 0.2) is 30.3 Å². The maximum atomic E-state index is 11.8. The molecule has 1 aromatic carbocycles. The molecule has 1 heterocycles. The van der Waals surface area contributed by atoms with Crippen LogP contribution in [0.5, 0.6) is 0 Å². The lowest BCUT2D eigenvalue weighted by Crippen LogP contribution is -2.04. The van der Waals surface area contributed by atoms with Gasteiger partial charge in [0, 0.05) is 23.6 Å². The van der Waals surface area contributed by atoms with Gasteiger partial charge in [-0.05, 0) is 30.7 Å². The van der Waals surface area contributed by atoms with Crippen molar-refractivity contribution in [3.8, 4) is 10.4 Å². The Hall–Kier alpha value is -2.41. The van der Waals surface area contributed by atoms with Gasteiger partial charge in [0.1, 0.15) is 4.88 Å². The van der Waals surface area contributed by atoms with Gasteiger partial charge in [-0.25, -0.2) is 4.79 Å². The zero-order chi connectivity index (χ0) is 15.4. The molecule has 110 valence electrons. The van der Waals surface area contributed by atoms with Gasteiger partial charge in [-0.2, -0.15) is 0 Å². The normalized spacial score (nSPS) is 10.2. The van der Waals surface area contributed by atoms with E-state index in [1.807, 2.05) is 13.0 Å². The summed E-state index contributed by atoms with van der Waals surface area (Å²) in [6.45, 7) is 2.62. The third-order valence-corrected chi connectivity index (χ3v) is 4.00. The standard InChI is InChI=1S/C14H14N2O4S/c1-3-15-11-8-12(21-13(11)14(17)20-2)9-4-6-10(7-5-9)16(18)19/h4-8,15H,3H2,1-2H3. The first kappa shape index (κ1) is 15.0. The molecule has 0 spiro atoms. The van der Waals surface area contributed by atoms with Crippen molar-refractivity contribution in [3.63, 3.8) is 0 Å². The fourth-order valence-corrected chi connectivity index (χ4v) is 2.91. The smallest absolute Gasteiger partial charge is 0.350 e. The number of nitrogens with one attached hydrogen (secondary N) is 1. The first-order valence-corrected chi connectivity index (χ1v) is 7.09. The van der Waals surface area contributed by atoms with E-state index >= 15 is 0 Å². The van der Waals surface area contributed by atoms with Crippen molar-refractivity contribution in [2.45, 2.75) is 6.92 Å². The molecule has 0 atom stereocenters. The Morgan fingerprint density at radius 3 is 2.57 bits per heavy atom. The van der Waals surface area contributed by atoms with Crippen LogP contribution in [-0.4, -0.2) is 24.5 Å². The molecule has 6 nitrogen and oxygen atoms in total. The van der Waals surface area contributed by atoms with Gasteiger partial charge in [-0.3, -0.25) is 10.1 Å². The van der Waals surface area contributed by atoms with Crippen molar-refractivity contribution < 1.29 is 14.5 Å². The highest BCUT2D eigenvalue weighted by molar-refractivity contribution is 7.18. The molecule has 1 N–H and O–H groups in total. The Morgan fingerprint density at radius 2 is 2.05 bits per heavy atom. The molecule has 0 aliphatic carbocycles. The minimum Gasteiger partial charge on any atom is -0.465 e. The van der Waals surface area contributed by atoms with E-state index in [1.54, 1.807) is 12.1 Å². The van der Waals surface area contributed by atoms with Gasteiger partial charge in [0.05, 0.1) is 17.7 Å². The van der Waals surface area contributed by atoms with E-state index in [1.165, 1.54) is 30.6 Å². The minimum absolute atomic E-state index is 0.0374. The molecule has 1 aromatic heterocycles. The van der Waals surface area contributed by atoms with E-state index in [0.717, 1.165) is 10.4 Å². The second kappa shape index (κ2) is 6.36. The van der Waals surface area contributed by atoms with Gasteiger partial charge in [0.15, 0.2) is 0 Å². The minimum atomic E-state index is -0.442. The zero-order valence-corrected chi connectivity index (χ0v) is 12.4. The molecule has 0 aliphatic rings. The fraction of sp³-hybridized carbons (Fsp3) is 0.214. The number of esters is 1. The fourth-order valence-electron chi connectivity index (χ4n) is 1.85. The first-order chi connectivity index (χ1) is 10.1. The van der Waals surface area contributed by atoms with Gasteiger partial charge in [-0.15, -0.1) is 11.3 Å². The Morgan fingerprint density at radius 1 is 1.38 bits per heavy atom. The Bertz CT molecular complexity index is 664. The summed E-state index contributed by atoms with van der Waals surface area (Å²) >= 11 is 1.29. The highest BCUT2D eigenvalue weighted by Gasteiger charge is 2.17. The summed E-state index contributed by atoms with van der Waals surface area (Å²) in [5.74, 6) is -0.399. The largest absolute Gasteiger partial charge is 0.465 e. The van der Waals surface area contributed by atoms with Crippen LogP contribution in [0.4, 0.5) is 11.4 Å². The van der Waals surface area contributed by atoms with Crippen molar-refractivity contribution in [2.75, 3.05) is 19.0 Å². The summed E-state index contributed by atoms with van der Waals surface area (Å²) in [4.78, 5) is 23.3. The van der Waals surface area contributed by atoms with Crippen LogP contribution in [0.25, 0.3) is 10.4 Å². The molecule has 0 saturated heterocycles. The average molecular weight is 306 g/mol. The molecule has 2 aromatic rings. The van der Waals surface area contributed by atoms with Crippen molar-refractivity contribution in [2.24, 2.45) is 0 Å². The van der Waals surface area contributed by atoms with E-state index < -0.39 is 10.9 Å². The monoisotopic (exact) mass is 306 g/mol. The summed E-state index contributed by atoms with van der Waals surface area (Å²) in [6.07, 6.45) is 0. The number of carbonyl (C=O) groups is 1. The average Bonchev–Trinajstić information content (AvgIpc) is 2.91. The van der Waals surface area contributed by atoms with Crippen molar-refractivity contribution in [3.05, 3.63) is 45.3 Å². The summed E-state index contributed by atoms with van der Waals surface area (Å²) < 4.78 is 4.77. The topological polar surface area (TPSA) is 81.5 Å². The van der Waals surface area contributed by atoms with Gasteiger partial charge in [-0.1, -0.05) is 0 Å². The van der Waals surface area contributed by atoms with Crippen molar-refractivity contribution in [1.29, 1.82) is 0 Å².